The third kappa shape index (κ3) is 5.79. The molecule has 0 aromatic heterocycles. The van der Waals surface area contributed by atoms with Crippen molar-refractivity contribution in [3.05, 3.63) is 45.3 Å². The fourth-order valence-corrected chi connectivity index (χ4v) is 5.13. The molecule has 0 radical (unpaired) electrons. The van der Waals surface area contributed by atoms with Gasteiger partial charge in [0.15, 0.2) is 0 Å². The van der Waals surface area contributed by atoms with E-state index in [0.29, 0.717) is 20.8 Å². The molecule has 24 heavy (non-hydrogen) atoms. The fraction of sp³-hybridized carbons (Fsp3) is 0.400. The number of nitro benzene ring substituents is 1. The summed E-state index contributed by atoms with van der Waals surface area (Å²) in [4.78, 5) is 10.3. The van der Waals surface area contributed by atoms with Gasteiger partial charge in [-0.05, 0) is 43.4 Å². The van der Waals surface area contributed by atoms with Crippen LogP contribution in [0.5, 0.6) is 0 Å². The number of benzene rings is 1. The standard InChI is InChI=1S/C15H20NO5PS2/c1-4-20-22(19,21-5-2)14(15(23)24-6-3)11-12-7-9-13(10-8-12)16(17)18/h7-11H,4-6H2,1-3H3/b14-11-. The Hall–Kier alpha value is -1.05. The molecule has 0 aliphatic rings. The van der Waals surface area contributed by atoms with Crippen LogP contribution in [0.2, 0.25) is 0 Å². The average Bonchev–Trinajstić information content (AvgIpc) is 2.53. The lowest BCUT2D eigenvalue weighted by molar-refractivity contribution is -0.384. The van der Waals surface area contributed by atoms with Crippen LogP contribution in [0, 0.1) is 10.1 Å². The molecule has 0 bridgehead atoms. The zero-order valence-corrected chi connectivity index (χ0v) is 16.3. The van der Waals surface area contributed by atoms with Gasteiger partial charge in [0.05, 0.1) is 27.6 Å². The molecule has 9 heteroatoms. The van der Waals surface area contributed by atoms with Gasteiger partial charge in [-0.3, -0.25) is 14.7 Å². The molecule has 0 unspecified atom stereocenters. The zero-order valence-electron chi connectivity index (χ0n) is 13.8. The molecule has 0 spiro atoms. The number of thiocarbonyl (C=S) groups is 1. The maximum atomic E-state index is 13.1. The summed E-state index contributed by atoms with van der Waals surface area (Å²) in [6, 6.07) is 5.90. The van der Waals surface area contributed by atoms with Gasteiger partial charge in [-0.2, -0.15) is 0 Å². The van der Waals surface area contributed by atoms with E-state index in [4.69, 9.17) is 21.3 Å². The monoisotopic (exact) mass is 389 g/mol. The van der Waals surface area contributed by atoms with Gasteiger partial charge in [-0.1, -0.05) is 19.1 Å². The van der Waals surface area contributed by atoms with E-state index in [1.807, 2.05) is 6.92 Å². The summed E-state index contributed by atoms with van der Waals surface area (Å²) < 4.78 is 24.3. The minimum absolute atomic E-state index is 0.0167. The van der Waals surface area contributed by atoms with Crippen LogP contribution in [0.15, 0.2) is 29.6 Å². The Morgan fingerprint density at radius 1 is 1.25 bits per heavy atom. The van der Waals surface area contributed by atoms with Gasteiger partial charge in [-0.15, -0.1) is 11.8 Å². The van der Waals surface area contributed by atoms with Crippen LogP contribution in [-0.2, 0) is 13.6 Å². The number of rotatable bonds is 9. The van der Waals surface area contributed by atoms with E-state index in [2.05, 4.69) is 0 Å². The Kier molecular flexibility index (Phi) is 8.80. The Morgan fingerprint density at radius 2 is 1.79 bits per heavy atom. The van der Waals surface area contributed by atoms with Crippen LogP contribution in [0.3, 0.4) is 0 Å². The Morgan fingerprint density at radius 3 is 2.21 bits per heavy atom. The molecule has 0 aliphatic carbocycles. The average molecular weight is 389 g/mol. The van der Waals surface area contributed by atoms with Crippen molar-refractivity contribution in [2.45, 2.75) is 20.8 Å². The molecule has 1 rings (SSSR count). The molecule has 0 atom stereocenters. The fourth-order valence-electron chi connectivity index (χ4n) is 1.82. The Labute approximate surface area is 151 Å². The molecule has 0 aliphatic heterocycles. The highest BCUT2D eigenvalue weighted by atomic mass is 32.2. The highest BCUT2D eigenvalue weighted by molar-refractivity contribution is 8.24. The molecule has 0 N–H and O–H groups in total. The second-order valence-corrected chi connectivity index (χ2v) is 8.37. The lowest BCUT2D eigenvalue weighted by Crippen LogP contribution is -2.04. The van der Waals surface area contributed by atoms with E-state index in [9.17, 15) is 14.7 Å². The van der Waals surface area contributed by atoms with Gasteiger partial charge in [0.25, 0.3) is 5.69 Å². The molecule has 1 aromatic carbocycles. The number of hydrogen-bond acceptors (Lipinski definition) is 7. The minimum Gasteiger partial charge on any atom is -0.305 e. The van der Waals surface area contributed by atoms with E-state index in [1.165, 1.54) is 23.9 Å². The highest BCUT2D eigenvalue weighted by Gasteiger charge is 2.32. The second-order valence-electron chi connectivity index (χ2n) is 4.43. The highest BCUT2D eigenvalue weighted by Crippen LogP contribution is 2.58. The first-order chi connectivity index (χ1) is 11.4. The summed E-state index contributed by atoms with van der Waals surface area (Å²) in [5, 5.41) is 11.0. The van der Waals surface area contributed by atoms with Gasteiger partial charge < -0.3 is 9.05 Å². The number of nitrogens with zero attached hydrogens (tertiary/aromatic N) is 1. The molecule has 0 fully saturated rings. The molecule has 132 valence electrons. The van der Waals surface area contributed by atoms with Gasteiger partial charge in [0.1, 0.15) is 0 Å². The largest absolute Gasteiger partial charge is 0.363 e. The molecule has 0 saturated heterocycles. The van der Waals surface area contributed by atoms with Gasteiger partial charge >= 0.3 is 7.60 Å². The third-order valence-corrected chi connectivity index (χ3v) is 6.57. The summed E-state index contributed by atoms with van der Waals surface area (Å²) >= 11 is 6.74. The predicted octanol–water partition coefficient (Wildman–Crippen LogP) is 5.28. The summed E-state index contributed by atoms with van der Waals surface area (Å²) in [6.07, 6.45) is 1.61. The van der Waals surface area contributed by atoms with Crippen molar-refractivity contribution in [1.82, 2.24) is 0 Å². The Bertz CT molecular complexity index is 650. The van der Waals surface area contributed by atoms with E-state index in [0.717, 1.165) is 0 Å². The van der Waals surface area contributed by atoms with Crippen LogP contribution in [0.25, 0.3) is 6.08 Å². The molecular weight excluding hydrogens is 369 g/mol. The number of nitro groups is 1. The van der Waals surface area contributed by atoms with Crippen molar-refractivity contribution in [3.8, 4) is 0 Å². The molecule has 1 aromatic rings. The maximum absolute atomic E-state index is 13.1. The Balaban J connectivity index is 3.32. The first-order valence-electron chi connectivity index (χ1n) is 7.40. The maximum Gasteiger partial charge on any atom is 0.363 e. The predicted molar refractivity (Wildman–Crippen MR) is 103 cm³/mol. The van der Waals surface area contributed by atoms with E-state index >= 15 is 0 Å². The van der Waals surface area contributed by atoms with Gasteiger partial charge in [0, 0.05) is 12.1 Å². The van der Waals surface area contributed by atoms with E-state index in [-0.39, 0.29) is 18.9 Å². The van der Waals surface area contributed by atoms with Crippen molar-refractivity contribution in [1.29, 1.82) is 0 Å². The lowest BCUT2D eigenvalue weighted by Gasteiger charge is -2.20. The third-order valence-electron chi connectivity index (χ3n) is 2.79. The summed E-state index contributed by atoms with van der Waals surface area (Å²) in [6.45, 7) is 5.83. The van der Waals surface area contributed by atoms with Crippen LogP contribution in [0.4, 0.5) is 5.69 Å². The molecule has 0 heterocycles. The first-order valence-corrected chi connectivity index (χ1v) is 10.3. The molecule has 0 amide bonds. The van der Waals surface area contributed by atoms with Gasteiger partial charge in [0.2, 0.25) is 0 Å². The molecule has 0 saturated carbocycles. The topological polar surface area (TPSA) is 78.7 Å². The number of thioether (sulfide) groups is 1. The summed E-state index contributed by atoms with van der Waals surface area (Å²) in [5.41, 5.74) is 0.617. The van der Waals surface area contributed by atoms with E-state index < -0.39 is 12.5 Å². The quantitative estimate of drug-likeness (QED) is 0.187. The van der Waals surface area contributed by atoms with Gasteiger partial charge in [-0.25, -0.2) is 0 Å². The van der Waals surface area contributed by atoms with E-state index in [1.54, 1.807) is 32.1 Å². The molecular formula is C15H20NO5PS2. The number of non-ortho nitro benzene ring substituents is 1. The van der Waals surface area contributed by atoms with Crippen molar-refractivity contribution in [2.75, 3.05) is 19.0 Å². The zero-order chi connectivity index (χ0) is 18.2. The summed E-state index contributed by atoms with van der Waals surface area (Å²) in [7, 11) is -3.55. The SMILES string of the molecule is CCOP(=O)(OCC)/C(=C\c1ccc([N+](=O)[O-])cc1)C(=S)SCC. The normalized spacial score (nSPS) is 12.2. The summed E-state index contributed by atoms with van der Waals surface area (Å²) in [5.74, 6) is 0.717. The van der Waals surface area contributed by atoms with Crippen molar-refractivity contribution >= 4 is 47.5 Å². The van der Waals surface area contributed by atoms with Crippen LogP contribution in [-0.4, -0.2) is 28.1 Å². The smallest absolute Gasteiger partial charge is 0.305 e. The minimum atomic E-state index is -3.55. The first kappa shape index (κ1) is 21.0. The van der Waals surface area contributed by atoms with Crippen LogP contribution < -0.4 is 0 Å². The van der Waals surface area contributed by atoms with Crippen LogP contribution >= 0.6 is 31.6 Å². The molecule has 6 nitrogen and oxygen atoms in total. The number of hydrogen-bond donors (Lipinski definition) is 0. The van der Waals surface area contributed by atoms with Crippen LogP contribution in [0.1, 0.15) is 26.3 Å². The van der Waals surface area contributed by atoms with Crippen molar-refractivity contribution < 1.29 is 18.5 Å². The van der Waals surface area contributed by atoms with Crippen molar-refractivity contribution in [2.24, 2.45) is 0 Å². The second kappa shape index (κ2) is 10.1. The lowest BCUT2D eigenvalue weighted by atomic mass is 10.2. The van der Waals surface area contributed by atoms with Crippen molar-refractivity contribution in [3.63, 3.8) is 0 Å².